The molecule has 6 heteroatoms. The molecule has 0 unspecified atom stereocenters. The minimum absolute atomic E-state index is 0.0485. The van der Waals surface area contributed by atoms with Gasteiger partial charge in [0, 0.05) is 18.2 Å². The van der Waals surface area contributed by atoms with Gasteiger partial charge in [0.2, 0.25) is 0 Å². The zero-order chi connectivity index (χ0) is 15.1. The number of nitrogens with two attached hydrogens (primary N) is 1. The lowest BCUT2D eigenvalue weighted by atomic mass is 10.0. The Morgan fingerprint density at radius 1 is 1.15 bits per heavy atom. The largest absolute Gasteiger partial charge is 0.496 e. The van der Waals surface area contributed by atoms with Crippen LogP contribution in [0.4, 0.5) is 0 Å². The second-order valence-electron chi connectivity index (χ2n) is 4.06. The predicted octanol–water partition coefficient (Wildman–Crippen LogP) is 1.67. The van der Waals surface area contributed by atoms with Crippen LogP contribution < -0.4 is 19.9 Å². The van der Waals surface area contributed by atoms with Gasteiger partial charge in [-0.2, -0.15) is 0 Å². The van der Waals surface area contributed by atoms with Crippen LogP contribution in [-0.4, -0.2) is 33.9 Å². The van der Waals surface area contributed by atoms with Crippen LogP contribution in [-0.2, 0) is 9.53 Å². The van der Waals surface area contributed by atoms with E-state index in [-0.39, 0.29) is 12.4 Å². The Morgan fingerprint density at radius 3 is 2.10 bits per heavy atom. The van der Waals surface area contributed by atoms with Gasteiger partial charge in [-0.1, -0.05) is 0 Å². The van der Waals surface area contributed by atoms with E-state index in [0.717, 1.165) is 0 Å². The summed E-state index contributed by atoms with van der Waals surface area (Å²) >= 11 is 0. The minimum Gasteiger partial charge on any atom is -0.496 e. The van der Waals surface area contributed by atoms with Crippen molar-refractivity contribution in [1.82, 2.24) is 0 Å². The topological polar surface area (TPSA) is 80.0 Å². The predicted molar refractivity (Wildman–Crippen MR) is 74.3 cm³/mol. The van der Waals surface area contributed by atoms with E-state index in [0.29, 0.717) is 29.4 Å². The number of ether oxygens (including phenoxy) is 4. The summed E-state index contributed by atoms with van der Waals surface area (Å²) in [4.78, 5) is 11.5. The molecule has 0 aliphatic carbocycles. The van der Waals surface area contributed by atoms with E-state index in [1.807, 2.05) is 0 Å². The zero-order valence-corrected chi connectivity index (χ0v) is 12.3. The molecule has 0 aromatic heterocycles. The molecule has 1 rings (SSSR count). The molecule has 2 N–H and O–H groups in total. The first kappa shape index (κ1) is 16.1. The standard InChI is InChI=1S/C14H21NO5/c1-5-20-13(16)8-10(15)14-11(18-3)6-9(17-2)7-12(14)19-4/h6-7,10H,5,8,15H2,1-4H3/t10-/m0/s1. The number of benzene rings is 1. The molecule has 1 aromatic rings. The van der Waals surface area contributed by atoms with Crippen LogP contribution in [0.5, 0.6) is 17.2 Å². The molecule has 0 amide bonds. The Hall–Kier alpha value is -1.95. The number of carbonyl (C=O) groups excluding carboxylic acids is 1. The molecule has 1 atom stereocenters. The molecule has 1 aromatic carbocycles. The van der Waals surface area contributed by atoms with Crippen LogP contribution in [0.15, 0.2) is 12.1 Å². The van der Waals surface area contributed by atoms with Crippen LogP contribution in [0.1, 0.15) is 24.9 Å². The Kier molecular flexibility index (Phi) is 6.11. The lowest BCUT2D eigenvalue weighted by molar-refractivity contribution is -0.143. The monoisotopic (exact) mass is 283 g/mol. The third kappa shape index (κ3) is 3.77. The zero-order valence-electron chi connectivity index (χ0n) is 12.3. The molecule has 6 nitrogen and oxygen atoms in total. The van der Waals surface area contributed by atoms with E-state index in [1.54, 1.807) is 26.2 Å². The van der Waals surface area contributed by atoms with Gasteiger partial charge in [-0.05, 0) is 6.92 Å². The highest BCUT2D eigenvalue weighted by Gasteiger charge is 2.22. The molecule has 0 spiro atoms. The third-order valence-corrected chi connectivity index (χ3v) is 2.82. The molecular formula is C14H21NO5. The summed E-state index contributed by atoms with van der Waals surface area (Å²) in [6, 6.07) is 2.82. The van der Waals surface area contributed by atoms with Crippen molar-refractivity contribution in [3.05, 3.63) is 17.7 Å². The number of hydrogen-bond acceptors (Lipinski definition) is 6. The molecule has 0 fully saturated rings. The van der Waals surface area contributed by atoms with Crippen molar-refractivity contribution in [2.75, 3.05) is 27.9 Å². The van der Waals surface area contributed by atoms with E-state index in [4.69, 9.17) is 24.7 Å². The summed E-state index contributed by atoms with van der Waals surface area (Å²) in [5, 5.41) is 0. The maximum absolute atomic E-state index is 11.5. The Balaban J connectivity index is 3.10. The van der Waals surface area contributed by atoms with Gasteiger partial charge in [0.1, 0.15) is 17.2 Å². The summed E-state index contributed by atoms with van der Waals surface area (Å²) in [5.74, 6) is 1.25. The molecule has 0 radical (unpaired) electrons. The van der Waals surface area contributed by atoms with Crippen LogP contribution in [0.3, 0.4) is 0 Å². The average Bonchev–Trinajstić information content (AvgIpc) is 2.45. The summed E-state index contributed by atoms with van der Waals surface area (Å²) in [6.07, 6.45) is 0.0485. The SMILES string of the molecule is CCOC(=O)C[C@H](N)c1c(OC)cc(OC)cc1OC. The van der Waals surface area contributed by atoms with Gasteiger partial charge < -0.3 is 24.7 Å². The van der Waals surface area contributed by atoms with Crippen molar-refractivity contribution in [2.24, 2.45) is 5.73 Å². The quantitative estimate of drug-likeness (QED) is 0.767. The first-order valence-corrected chi connectivity index (χ1v) is 6.28. The van der Waals surface area contributed by atoms with Gasteiger partial charge in [-0.15, -0.1) is 0 Å². The number of rotatable bonds is 7. The fourth-order valence-corrected chi connectivity index (χ4v) is 1.90. The molecule has 0 heterocycles. The van der Waals surface area contributed by atoms with Crippen molar-refractivity contribution in [2.45, 2.75) is 19.4 Å². The van der Waals surface area contributed by atoms with Crippen molar-refractivity contribution in [3.63, 3.8) is 0 Å². The molecule has 0 saturated carbocycles. The summed E-state index contributed by atoms with van der Waals surface area (Å²) in [6.45, 7) is 2.07. The highest BCUT2D eigenvalue weighted by molar-refractivity contribution is 5.71. The first-order valence-electron chi connectivity index (χ1n) is 6.28. The number of hydrogen-bond donors (Lipinski definition) is 1. The van der Waals surface area contributed by atoms with Crippen molar-refractivity contribution in [1.29, 1.82) is 0 Å². The minimum atomic E-state index is -0.579. The van der Waals surface area contributed by atoms with Gasteiger partial charge in [0.25, 0.3) is 0 Å². The van der Waals surface area contributed by atoms with Crippen molar-refractivity contribution in [3.8, 4) is 17.2 Å². The van der Waals surface area contributed by atoms with Crippen LogP contribution in [0.25, 0.3) is 0 Å². The third-order valence-electron chi connectivity index (χ3n) is 2.82. The van der Waals surface area contributed by atoms with Crippen LogP contribution >= 0.6 is 0 Å². The van der Waals surface area contributed by atoms with Crippen molar-refractivity contribution < 1.29 is 23.7 Å². The van der Waals surface area contributed by atoms with Gasteiger partial charge >= 0.3 is 5.97 Å². The highest BCUT2D eigenvalue weighted by atomic mass is 16.5. The maximum Gasteiger partial charge on any atom is 0.307 e. The number of methoxy groups -OCH3 is 3. The number of esters is 1. The van der Waals surface area contributed by atoms with E-state index < -0.39 is 6.04 Å². The van der Waals surface area contributed by atoms with E-state index in [2.05, 4.69) is 0 Å². The molecule has 20 heavy (non-hydrogen) atoms. The second kappa shape index (κ2) is 7.59. The normalized spacial score (nSPS) is 11.7. The van der Waals surface area contributed by atoms with E-state index in [9.17, 15) is 4.79 Å². The Labute approximate surface area is 118 Å². The molecule has 112 valence electrons. The maximum atomic E-state index is 11.5. The Morgan fingerprint density at radius 2 is 1.70 bits per heavy atom. The highest BCUT2D eigenvalue weighted by Crippen LogP contribution is 2.38. The first-order chi connectivity index (χ1) is 9.57. The molecular weight excluding hydrogens is 262 g/mol. The Bertz CT molecular complexity index is 436. The average molecular weight is 283 g/mol. The molecule has 0 aliphatic rings. The lowest BCUT2D eigenvalue weighted by Gasteiger charge is -2.19. The lowest BCUT2D eigenvalue weighted by Crippen LogP contribution is -2.18. The van der Waals surface area contributed by atoms with Crippen LogP contribution in [0, 0.1) is 0 Å². The smallest absolute Gasteiger partial charge is 0.307 e. The van der Waals surface area contributed by atoms with E-state index in [1.165, 1.54) is 14.2 Å². The van der Waals surface area contributed by atoms with Crippen LogP contribution in [0.2, 0.25) is 0 Å². The van der Waals surface area contributed by atoms with Crippen molar-refractivity contribution >= 4 is 5.97 Å². The van der Waals surface area contributed by atoms with Gasteiger partial charge in [-0.25, -0.2) is 0 Å². The molecule has 0 bridgehead atoms. The second-order valence-corrected chi connectivity index (χ2v) is 4.06. The summed E-state index contributed by atoms with van der Waals surface area (Å²) < 4.78 is 20.7. The summed E-state index contributed by atoms with van der Waals surface area (Å²) in [7, 11) is 4.59. The van der Waals surface area contributed by atoms with Gasteiger partial charge in [0.15, 0.2) is 0 Å². The molecule has 0 saturated heterocycles. The number of carbonyl (C=O) groups is 1. The molecule has 0 aliphatic heterocycles. The summed E-state index contributed by atoms with van der Waals surface area (Å²) in [5.41, 5.74) is 6.68. The fraction of sp³-hybridized carbons (Fsp3) is 0.500. The fourth-order valence-electron chi connectivity index (χ4n) is 1.90. The van der Waals surface area contributed by atoms with Gasteiger partial charge in [-0.3, -0.25) is 4.79 Å². The van der Waals surface area contributed by atoms with Gasteiger partial charge in [0.05, 0.1) is 39.9 Å². The van der Waals surface area contributed by atoms with E-state index >= 15 is 0 Å².